The molecule has 4 fully saturated rings. The van der Waals surface area contributed by atoms with E-state index in [-0.39, 0.29) is 82.1 Å². The lowest BCUT2D eigenvalue weighted by molar-refractivity contribution is -0.220. The number of rotatable bonds is 1. The van der Waals surface area contributed by atoms with E-state index in [0.717, 1.165) is 56.1 Å². The summed E-state index contributed by atoms with van der Waals surface area (Å²) >= 11 is 0. The molecule has 5 heteroatoms. The molecule has 8 bridgehead atoms. The highest BCUT2D eigenvalue weighted by Gasteiger charge is 2.71. The van der Waals surface area contributed by atoms with E-state index in [9.17, 15) is 19.2 Å². The molecule has 1 spiro atoms. The first kappa shape index (κ1) is 33.9. The molecule has 1 amide bonds. The number of carbonyl (C=O) groups is 4. The van der Waals surface area contributed by atoms with Gasteiger partial charge in [-0.05, 0) is 113 Å². The van der Waals surface area contributed by atoms with Gasteiger partial charge in [-0.2, -0.15) is 0 Å². The van der Waals surface area contributed by atoms with Crippen LogP contribution in [0.4, 0.5) is 0 Å². The molecule has 10 rings (SSSR count). The topological polar surface area (TPSA) is 80.3 Å². The van der Waals surface area contributed by atoms with E-state index in [1.165, 1.54) is 5.57 Å². The maximum atomic E-state index is 14.7. The predicted molar refractivity (Wildman–Crippen MR) is 189 cm³/mol. The Morgan fingerprint density at radius 2 is 1.44 bits per heavy atom. The fourth-order valence-electron chi connectivity index (χ4n) is 13.7. The quantitative estimate of drug-likeness (QED) is 0.328. The van der Waals surface area contributed by atoms with Crippen LogP contribution in [0.3, 0.4) is 0 Å². The number of carbonyl (C=O) groups excluding carboxylic acids is 4. The van der Waals surface area contributed by atoms with Gasteiger partial charge in [0.15, 0.2) is 11.6 Å². The Morgan fingerprint density at radius 1 is 0.729 bits per heavy atom. The van der Waals surface area contributed by atoms with Crippen molar-refractivity contribution in [1.82, 2.24) is 5.32 Å². The molecule has 5 aliphatic carbocycles. The molecule has 1 unspecified atom stereocenters. The lowest BCUT2D eigenvalue weighted by Gasteiger charge is -2.72. The summed E-state index contributed by atoms with van der Waals surface area (Å²) < 4.78 is 0. The maximum Gasteiger partial charge on any atom is 0.231 e. The molecule has 0 saturated heterocycles. The van der Waals surface area contributed by atoms with Gasteiger partial charge in [-0.3, -0.25) is 19.2 Å². The third-order valence-electron chi connectivity index (χ3n) is 16.2. The van der Waals surface area contributed by atoms with E-state index in [1.807, 2.05) is 38.1 Å². The third-order valence-corrected chi connectivity index (χ3v) is 16.2. The second-order valence-electron chi connectivity index (χ2n) is 19.4. The minimum atomic E-state index is -0.868. The average Bonchev–Trinajstić information content (AvgIpc) is 3.32. The number of fused-ring (bicyclic) bond motifs is 2. The van der Waals surface area contributed by atoms with Crippen molar-refractivity contribution < 1.29 is 19.2 Å². The van der Waals surface area contributed by atoms with Gasteiger partial charge in [0.2, 0.25) is 5.91 Å². The second-order valence-corrected chi connectivity index (χ2v) is 19.4. The van der Waals surface area contributed by atoms with E-state index in [0.29, 0.717) is 23.8 Å². The number of allylic oxidation sites excluding steroid dienone is 1. The lowest BCUT2D eigenvalue weighted by Crippen LogP contribution is -2.66. The van der Waals surface area contributed by atoms with Crippen molar-refractivity contribution in [1.29, 1.82) is 0 Å². The normalized spacial score (nSPS) is 42.0. The molecule has 0 radical (unpaired) electrons. The number of nitrogens with one attached hydrogen (secondary N) is 1. The smallest absolute Gasteiger partial charge is 0.231 e. The fraction of sp³-hybridized carbons (Fsp3) is 0.721. The van der Waals surface area contributed by atoms with Crippen molar-refractivity contribution in [2.45, 2.75) is 133 Å². The lowest BCUT2D eigenvalue weighted by atomic mass is 9.32. The van der Waals surface area contributed by atoms with Crippen molar-refractivity contribution in [3.63, 3.8) is 0 Å². The summed E-state index contributed by atoms with van der Waals surface area (Å²) in [4.78, 5) is 57.4. The number of hydrogen-bond acceptors (Lipinski definition) is 4. The van der Waals surface area contributed by atoms with Crippen LogP contribution in [0.1, 0.15) is 142 Å². The second kappa shape index (κ2) is 10.7. The zero-order chi connectivity index (χ0) is 34.8. The van der Waals surface area contributed by atoms with Gasteiger partial charge in [-0.15, -0.1) is 0 Å². The van der Waals surface area contributed by atoms with E-state index in [2.05, 4.69) is 53.8 Å². The molecule has 4 heterocycles. The molecule has 1 aromatic rings. The number of amides is 1. The van der Waals surface area contributed by atoms with Crippen molar-refractivity contribution in [2.75, 3.05) is 0 Å². The number of Topliss-reactive ketones (excluding diaryl/α,β-unsaturated/α-hetero) is 3. The average molecular weight is 654 g/mol. The largest absolute Gasteiger partial charge is 0.351 e. The molecule has 1 N–H and O–H groups in total. The van der Waals surface area contributed by atoms with Crippen LogP contribution in [0, 0.1) is 62.1 Å². The summed E-state index contributed by atoms with van der Waals surface area (Å²) in [6, 6.07) is 7.55. The highest BCUT2D eigenvalue weighted by Crippen LogP contribution is 2.77. The fourth-order valence-corrected chi connectivity index (χ4v) is 13.7. The number of hydrogen-bond donors (Lipinski definition) is 1. The van der Waals surface area contributed by atoms with Gasteiger partial charge >= 0.3 is 0 Å². The van der Waals surface area contributed by atoms with Crippen LogP contribution in [0.2, 0.25) is 0 Å². The van der Waals surface area contributed by atoms with Crippen LogP contribution in [-0.4, -0.2) is 23.3 Å². The van der Waals surface area contributed by atoms with Crippen molar-refractivity contribution in [3.05, 3.63) is 46.5 Å². The molecular weight excluding hydrogens is 594 g/mol. The van der Waals surface area contributed by atoms with Gasteiger partial charge in [-0.25, -0.2) is 0 Å². The highest BCUT2D eigenvalue weighted by molar-refractivity contribution is 6.07. The van der Waals surface area contributed by atoms with Crippen molar-refractivity contribution in [2.24, 2.45) is 62.1 Å². The van der Waals surface area contributed by atoms with Gasteiger partial charge < -0.3 is 5.32 Å². The zero-order valence-corrected chi connectivity index (χ0v) is 31.1. The minimum absolute atomic E-state index is 0.0173. The highest BCUT2D eigenvalue weighted by atomic mass is 16.2. The first-order valence-electron chi connectivity index (χ1n) is 19.1. The standard InChI is InChI=1S/C43H59NO4/c1-25(2)34-31(46)23-43-21-20-41(8)29(35(34)43)14-15-33-40(7)18-16-28(39(5,6)32(40)17-19-42(33,41)9)30(45)22-38(3,4)36(47)27-13-11-10-12-26(27)24-44-37(43)48/h10-13,25,28-29,32-33H,14-24H2,1-9H3,(H,44,48)/t28?,29-,32+,33-,40+,41-,42-,43-/m1/s1. The Labute approximate surface area is 288 Å². The number of ketones is 3. The van der Waals surface area contributed by atoms with Crippen molar-refractivity contribution in [3.8, 4) is 0 Å². The van der Waals surface area contributed by atoms with Gasteiger partial charge in [0.05, 0.1) is 5.41 Å². The van der Waals surface area contributed by atoms with Gasteiger partial charge in [0.1, 0.15) is 5.78 Å². The van der Waals surface area contributed by atoms with Crippen molar-refractivity contribution >= 4 is 23.3 Å². The predicted octanol–water partition coefficient (Wildman–Crippen LogP) is 9.08. The molecule has 4 aliphatic heterocycles. The SMILES string of the molecule is CC(C)C1=C2[C@H]3CC[C@@H]4[C@@]5(C)CCC6C(=O)CC(C)(C)C(=O)c7ccccc7CNC(=O)[C@]2(CC[C@@]3(C)[C@]4(C)CC[C@H]5C6(C)C)CC1=O. The van der Waals surface area contributed by atoms with Crippen LogP contribution in [0.25, 0.3) is 0 Å². The van der Waals surface area contributed by atoms with E-state index in [1.54, 1.807) is 0 Å². The summed E-state index contributed by atoms with van der Waals surface area (Å²) in [5, 5.41) is 3.29. The van der Waals surface area contributed by atoms with Crippen LogP contribution in [-0.2, 0) is 20.9 Å². The molecule has 9 aliphatic rings. The molecule has 4 saturated carbocycles. The molecule has 260 valence electrons. The van der Waals surface area contributed by atoms with E-state index in [4.69, 9.17) is 0 Å². The first-order chi connectivity index (χ1) is 22.3. The summed E-state index contributed by atoms with van der Waals surface area (Å²) in [5.41, 5.74) is 1.75. The van der Waals surface area contributed by atoms with Gasteiger partial charge in [0, 0.05) is 36.3 Å². The van der Waals surface area contributed by atoms with Gasteiger partial charge in [0.25, 0.3) is 0 Å². The van der Waals surface area contributed by atoms with E-state index >= 15 is 0 Å². The molecule has 8 atom stereocenters. The van der Waals surface area contributed by atoms with Crippen LogP contribution < -0.4 is 5.32 Å². The molecule has 0 aromatic heterocycles. The minimum Gasteiger partial charge on any atom is -0.351 e. The molecule has 1 aromatic carbocycles. The summed E-state index contributed by atoms with van der Waals surface area (Å²) in [6.45, 7) is 20.7. The number of benzene rings is 1. The monoisotopic (exact) mass is 653 g/mol. The van der Waals surface area contributed by atoms with Crippen LogP contribution in [0.15, 0.2) is 35.4 Å². The van der Waals surface area contributed by atoms with Gasteiger partial charge in [-0.1, -0.05) is 86.6 Å². The summed E-state index contributed by atoms with van der Waals surface area (Å²) in [7, 11) is 0. The molecule has 5 nitrogen and oxygen atoms in total. The Hall–Kier alpha value is -2.56. The summed E-state index contributed by atoms with van der Waals surface area (Å²) in [6.07, 6.45) is 8.38. The molecule has 48 heavy (non-hydrogen) atoms. The molecular formula is C43H59NO4. The van der Waals surface area contributed by atoms with Crippen LogP contribution in [0.5, 0.6) is 0 Å². The first-order valence-corrected chi connectivity index (χ1v) is 19.1. The Kier molecular flexibility index (Phi) is 7.58. The Morgan fingerprint density at radius 3 is 2.15 bits per heavy atom. The Bertz CT molecular complexity index is 1630. The van der Waals surface area contributed by atoms with E-state index < -0.39 is 10.8 Å². The van der Waals surface area contributed by atoms with Crippen LogP contribution >= 0.6 is 0 Å². The maximum absolute atomic E-state index is 14.7. The summed E-state index contributed by atoms with van der Waals surface area (Å²) in [5.74, 6) is 1.45. The third kappa shape index (κ3) is 4.33. The Balaban J connectivity index is 1.41. The zero-order valence-electron chi connectivity index (χ0n) is 31.1.